The van der Waals surface area contributed by atoms with Crippen molar-refractivity contribution in [2.24, 2.45) is 0 Å². The number of unbranched alkanes of at least 4 members (excludes halogenated alkanes) is 7. The Morgan fingerprint density at radius 1 is 0.786 bits per heavy atom. The molecule has 0 aromatic carbocycles. The molecular formula is C13H28S. The number of thioether (sulfide) groups is 1. The highest BCUT2D eigenvalue weighted by molar-refractivity contribution is 7.99. The fraction of sp³-hybridized carbons (Fsp3) is 1.00. The van der Waals surface area contributed by atoms with Crippen molar-refractivity contribution in [3.8, 4) is 0 Å². The van der Waals surface area contributed by atoms with Gasteiger partial charge in [-0.05, 0) is 17.4 Å². The van der Waals surface area contributed by atoms with E-state index in [1.165, 1.54) is 57.1 Å². The van der Waals surface area contributed by atoms with Crippen LogP contribution in [0.4, 0.5) is 0 Å². The van der Waals surface area contributed by atoms with Gasteiger partial charge in [-0.25, -0.2) is 0 Å². The van der Waals surface area contributed by atoms with Crippen LogP contribution in [-0.2, 0) is 0 Å². The van der Waals surface area contributed by atoms with Crippen molar-refractivity contribution in [3.05, 3.63) is 0 Å². The Hall–Kier alpha value is 0.350. The third kappa shape index (κ3) is 12.3. The molecule has 0 amide bonds. The zero-order valence-electron chi connectivity index (χ0n) is 10.3. The van der Waals surface area contributed by atoms with Gasteiger partial charge in [-0.2, -0.15) is 11.8 Å². The van der Waals surface area contributed by atoms with Crippen LogP contribution in [-0.4, -0.2) is 11.0 Å². The van der Waals surface area contributed by atoms with Crippen LogP contribution in [0.3, 0.4) is 0 Å². The third-order valence-electron chi connectivity index (χ3n) is 2.45. The van der Waals surface area contributed by atoms with Gasteiger partial charge in [0.1, 0.15) is 0 Å². The summed E-state index contributed by atoms with van der Waals surface area (Å²) in [6, 6.07) is 0. The largest absolute Gasteiger partial charge is 0.159 e. The molecule has 0 saturated heterocycles. The Kier molecular flexibility index (Phi) is 11.7. The van der Waals surface area contributed by atoms with Crippen LogP contribution in [0, 0.1) is 0 Å². The van der Waals surface area contributed by atoms with E-state index in [4.69, 9.17) is 0 Å². The van der Waals surface area contributed by atoms with Crippen molar-refractivity contribution in [1.29, 1.82) is 0 Å². The van der Waals surface area contributed by atoms with Crippen molar-refractivity contribution >= 4 is 11.8 Å². The van der Waals surface area contributed by atoms with Crippen LogP contribution in [0.2, 0.25) is 0 Å². The summed E-state index contributed by atoms with van der Waals surface area (Å²) in [7, 11) is 0. The Morgan fingerprint density at radius 3 is 1.79 bits per heavy atom. The number of hydrogen-bond acceptors (Lipinski definition) is 1. The van der Waals surface area contributed by atoms with E-state index in [0.717, 1.165) is 5.25 Å². The summed E-state index contributed by atoms with van der Waals surface area (Å²) in [6.07, 6.45) is 11.5. The van der Waals surface area contributed by atoms with E-state index in [0.29, 0.717) is 0 Å². The molecule has 0 aromatic heterocycles. The monoisotopic (exact) mass is 216 g/mol. The van der Waals surface area contributed by atoms with Crippen LogP contribution in [0.5, 0.6) is 0 Å². The fourth-order valence-electron chi connectivity index (χ4n) is 1.55. The first-order valence-corrected chi connectivity index (χ1v) is 7.43. The normalized spacial score (nSPS) is 11.1. The van der Waals surface area contributed by atoms with Crippen LogP contribution >= 0.6 is 11.8 Å². The lowest BCUT2D eigenvalue weighted by Gasteiger charge is -2.04. The summed E-state index contributed by atoms with van der Waals surface area (Å²) in [5, 5.41) is 0.819. The SMILES string of the molecule is CCCCCCCCCCSC(C)C. The summed E-state index contributed by atoms with van der Waals surface area (Å²) in [5.41, 5.74) is 0. The maximum Gasteiger partial charge on any atom is -0.000968 e. The van der Waals surface area contributed by atoms with Gasteiger partial charge in [0.2, 0.25) is 0 Å². The number of rotatable bonds is 10. The van der Waals surface area contributed by atoms with Gasteiger partial charge in [-0.3, -0.25) is 0 Å². The van der Waals surface area contributed by atoms with Crippen molar-refractivity contribution in [2.75, 3.05) is 5.75 Å². The predicted octanol–water partition coefficient (Wildman–Crippen LogP) is 5.27. The van der Waals surface area contributed by atoms with Crippen LogP contribution in [0.15, 0.2) is 0 Å². The van der Waals surface area contributed by atoms with E-state index >= 15 is 0 Å². The molecule has 0 aliphatic rings. The summed E-state index contributed by atoms with van der Waals surface area (Å²) >= 11 is 2.10. The molecule has 86 valence electrons. The smallest absolute Gasteiger partial charge is 0.000968 e. The highest BCUT2D eigenvalue weighted by Gasteiger charge is 1.94. The second-order valence-corrected chi connectivity index (χ2v) is 6.08. The number of hydrogen-bond donors (Lipinski definition) is 0. The van der Waals surface area contributed by atoms with Crippen LogP contribution < -0.4 is 0 Å². The van der Waals surface area contributed by atoms with E-state index in [9.17, 15) is 0 Å². The Bertz CT molecular complexity index is 99.4. The summed E-state index contributed by atoms with van der Waals surface area (Å²) in [5.74, 6) is 1.37. The van der Waals surface area contributed by atoms with Gasteiger partial charge in [-0.1, -0.05) is 65.7 Å². The summed E-state index contributed by atoms with van der Waals surface area (Å²) in [6.45, 7) is 6.86. The molecule has 0 radical (unpaired) electrons. The molecule has 0 N–H and O–H groups in total. The second-order valence-electron chi connectivity index (χ2n) is 4.39. The van der Waals surface area contributed by atoms with Crippen molar-refractivity contribution in [1.82, 2.24) is 0 Å². The van der Waals surface area contributed by atoms with E-state index < -0.39 is 0 Å². The zero-order chi connectivity index (χ0) is 10.6. The van der Waals surface area contributed by atoms with Crippen LogP contribution in [0.25, 0.3) is 0 Å². The lowest BCUT2D eigenvalue weighted by atomic mass is 10.1. The van der Waals surface area contributed by atoms with E-state index in [1.807, 2.05) is 0 Å². The molecule has 0 atom stereocenters. The van der Waals surface area contributed by atoms with Crippen molar-refractivity contribution in [3.63, 3.8) is 0 Å². The zero-order valence-corrected chi connectivity index (χ0v) is 11.2. The van der Waals surface area contributed by atoms with Crippen molar-refractivity contribution < 1.29 is 0 Å². The first-order valence-electron chi connectivity index (χ1n) is 6.39. The maximum atomic E-state index is 2.29. The Labute approximate surface area is 95.2 Å². The quantitative estimate of drug-likeness (QED) is 0.448. The van der Waals surface area contributed by atoms with Gasteiger partial charge < -0.3 is 0 Å². The lowest BCUT2D eigenvalue weighted by molar-refractivity contribution is 0.586. The third-order valence-corrected chi connectivity index (χ3v) is 3.64. The Balaban J connectivity index is 2.85. The average molecular weight is 216 g/mol. The molecule has 0 aliphatic carbocycles. The lowest BCUT2D eigenvalue weighted by Crippen LogP contribution is -1.89. The second kappa shape index (κ2) is 11.4. The molecule has 0 bridgehead atoms. The van der Waals surface area contributed by atoms with Gasteiger partial charge in [0.15, 0.2) is 0 Å². The summed E-state index contributed by atoms with van der Waals surface area (Å²) < 4.78 is 0. The van der Waals surface area contributed by atoms with Gasteiger partial charge in [0, 0.05) is 0 Å². The molecule has 0 aliphatic heterocycles. The molecule has 0 aromatic rings. The first-order chi connectivity index (χ1) is 6.77. The molecule has 0 unspecified atom stereocenters. The standard InChI is InChI=1S/C13H28S/c1-4-5-6-7-8-9-10-11-12-14-13(2)3/h13H,4-12H2,1-3H3. The van der Waals surface area contributed by atoms with E-state index in [-0.39, 0.29) is 0 Å². The molecule has 0 spiro atoms. The minimum absolute atomic E-state index is 0.819. The molecule has 0 rings (SSSR count). The van der Waals surface area contributed by atoms with Crippen LogP contribution in [0.1, 0.15) is 72.1 Å². The van der Waals surface area contributed by atoms with Gasteiger partial charge >= 0.3 is 0 Å². The topological polar surface area (TPSA) is 0 Å². The average Bonchev–Trinajstić information content (AvgIpc) is 2.15. The molecular weight excluding hydrogens is 188 g/mol. The first kappa shape index (κ1) is 14.3. The summed E-state index contributed by atoms with van der Waals surface area (Å²) in [4.78, 5) is 0. The molecule has 0 fully saturated rings. The predicted molar refractivity (Wildman–Crippen MR) is 70.2 cm³/mol. The van der Waals surface area contributed by atoms with E-state index in [2.05, 4.69) is 32.5 Å². The van der Waals surface area contributed by atoms with Gasteiger partial charge in [0.25, 0.3) is 0 Å². The molecule has 0 heterocycles. The highest BCUT2D eigenvalue weighted by Crippen LogP contribution is 2.14. The fourth-order valence-corrected chi connectivity index (χ4v) is 2.40. The van der Waals surface area contributed by atoms with Gasteiger partial charge in [-0.15, -0.1) is 0 Å². The van der Waals surface area contributed by atoms with Gasteiger partial charge in [0.05, 0.1) is 0 Å². The Morgan fingerprint density at radius 2 is 1.29 bits per heavy atom. The highest BCUT2D eigenvalue weighted by atomic mass is 32.2. The molecule has 0 nitrogen and oxygen atoms in total. The van der Waals surface area contributed by atoms with Crippen molar-refractivity contribution in [2.45, 2.75) is 77.4 Å². The minimum Gasteiger partial charge on any atom is -0.159 e. The maximum absolute atomic E-state index is 2.29. The molecule has 14 heavy (non-hydrogen) atoms. The van der Waals surface area contributed by atoms with E-state index in [1.54, 1.807) is 0 Å². The molecule has 1 heteroatoms. The molecule has 0 saturated carbocycles. The minimum atomic E-state index is 0.819.